The lowest BCUT2D eigenvalue weighted by Gasteiger charge is -2.14. The number of rotatable bonds is 4. The monoisotopic (exact) mass is 366 g/mol. The van der Waals surface area contributed by atoms with Crippen molar-refractivity contribution in [3.63, 3.8) is 0 Å². The van der Waals surface area contributed by atoms with Crippen LogP contribution in [0.3, 0.4) is 0 Å². The quantitative estimate of drug-likeness (QED) is 0.747. The summed E-state index contributed by atoms with van der Waals surface area (Å²) in [6.07, 6.45) is 7.16. The average Bonchev–Trinajstić information content (AvgIpc) is 3.37. The number of pyridine rings is 1. The van der Waals surface area contributed by atoms with Crippen molar-refractivity contribution in [1.29, 1.82) is 0 Å². The third-order valence-electron chi connectivity index (χ3n) is 4.14. The van der Waals surface area contributed by atoms with Gasteiger partial charge in [-0.3, -0.25) is 19.4 Å². The van der Waals surface area contributed by atoms with E-state index in [-0.39, 0.29) is 11.7 Å². The van der Waals surface area contributed by atoms with E-state index in [4.69, 9.17) is 4.42 Å². The summed E-state index contributed by atoms with van der Waals surface area (Å²) in [6.45, 7) is 1.10. The first-order valence-electron chi connectivity index (χ1n) is 8.18. The number of hydrogen-bond acceptors (Lipinski definition) is 6. The Hall–Kier alpha value is -3.69. The smallest absolute Gasteiger partial charge is 0.325 e. The normalized spacial score (nSPS) is 14.1. The van der Waals surface area contributed by atoms with E-state index in [0.29, 0.717) is 36.0 Å². The van der Waals surface area contributed by atoms with Crippen LogP contribution < -0.4 is 10.2 Å². The molecule has 0 atom stereocenters. The van der Waals surface area contributed by atoms with Crippen molar-refractivity contribution in [2.24, 2.45) is 7.05 Å². The number of likely N-dealkylation sites (N-methyl/N-ethyl adjacent to an activating group) is 1. The van der Waals surface area contributed by atoms with Gasteiger partial charge >= 0.3 is 6.03 Å². The molecule has 0 unspecified atom stereocenters. The first-order chi connectivity index (χ1) is 13.0. The fraction of sp³-hybridized carbons (Fsp3) is 0.235. The Balaban J connectivity index is 1.56. The number of urea groups is 1. The van der Waals surface area contributed by atoms with E-state index in [9.17, 15) is 9.59 Å². The van der Waals surface area contributed by atoms with Gasteiger partial charge in [-0.2, -0.15) is 5.10 Å². The maximum absolute atomic E-state index is 12.6. The third kappa shape index (κ3) is 3.12. The van der Waals surface area contributed by atoms with Gasteiger partial charge in [-0.1, -0.05) is 0 Å². The van der Waals surface area contributed by atoms with E-state index in [1.165, 1.54) is 15.8 Å². The zero-order valence-electron chi connectivity index (χ0n) is 14.7. The van der Waals surface area contributed by atoms with Gasteiger partial charge in [-0.15, -0.1) is 0 Å². The highest BCUT2D eigenvalue weighted by molar-refractivity contribution is 6.06. The molecule has 0 spiro atoms. The lowest BCUT2D eigenvalue weighted by atomic mass is 10.3. The van der Waals surface area contributed by atoms with Crippen LogP contribution in [-0.2, 0) is 7.05 Å². The fourth-order valence-electron chi connectivity index (χ4n) is 2.75. The maximum atomic E-state index is 12.6. The molecule has 3 aromatic heterocycles. The SMILES string of the molecule is CN1CCN(c2nn(C)cc2NC(=O)c2coc(-c3c[c]ncc3)n2)C1=O. The number of nitrogens with zero attached hydrogens (tertiary/aromatic N) is 6. The molecule has 1 N–H and O–H groups in total. The van der Waals surface area contributed by atoms with Gasteiger partial charge < -0.3 is 14.6 Å². The second-order valence-electron chi connectivity index (χ2n) is 6.06. The molecule has 10 nitrogen and oxygen atoms in total. The molecule has 0 bridgehead atoms. The van der Waals surface area contributed by atoms with Gasteiger partial charge in [-0.05, 0) is 12.1 Å². The van der Waals surface area contributed by atoms with Crippen molar-refractivity contribution < 1.29 is 14.0 Å². The van der Waals surface area contributed by atoms with Crippen LogP contribution in [0.1, 0.15) is 10.5 Å². The number of amides is 3. The molecule has 1 fully saturated rings. The van der Waals surface area contributed by atoms with E-state index in [1.807, 2.05) is 0 Å². The molecule has 0 saturated carbocycles. The van der Waals surface area contributed by atoms with Gasteiger partial charge in [0.25, 0.3) is 5.91 Å². The first-order valence-corrected chi connectivity index (χ1v) is 8.18. The van der Waals surface area contributed by atoms with Gasteiger partial charge in [0.05, 0.1) is 12.4 Å². The second-order valence-corrected chi connectivity index (χ2v) is 6.06. The summed E-state index contributed by atoms with van der Waals surface area (Å²) in [6, 6.07) is 3.16. The number of anilines is 2. The van der Waals surface area contributed by atoms with Crippen molar-refractivity contribution in [2.75, 3.05) is 30.4 Å². The number of nitrogens with one attached hydrogen (secondary N) is 1. The number of oxazole rings is 1. The predicted octanol–water partition coefficient (Wildman–Crippen LogP) is 1.39. The van der Waals surface area contributed by atoms with Crippen molar-refractivity contribution in [3.8, 4) is 11.5 Å². The summed E-state index contributed by atoms with van der Waals surface area (Å²) < 4.78 is 6.90. The molecule has 1 aliphatic rings. The standard InChI is InChI=1S/C17H16N7O3/c1-22-7-8-24(17(22)26)14-12(9-23(2)21-14)19-15(25)13-10-27-16(20-13)11-3-5-18-6-4-11/h3-5,9-10H,7-8H2,1-2H3,(H,19,25). The molecule has 0 aliphatic carbocycles. The number of carbonyl (C=O) groups is 2. The second kappa shape index (κ2) is 6.56. The molecule has 27 heavy (non-hydrogen) atoms. The Morgan fingerprint density at radius 3 is 2.89 bits per heavy atom. The molecule has 0 aromatic carbocycles. The van der Waals surface area contributed by atoms with Crippen molar-refractivity contribution in [1.82, 2.24) is 24.6 Å². The zero-order chi connectivity index (χ0) is 19.0. The minimum Gasteiger partial charge on any atom is -0.444 e. The highest BCUT2D eigenvalue weighted by Gasteiger charge is 2.31. The summed E-state index contributed by atoms with van der Waals surface area (Å²) in [5, 5.41) is 7.05. The lowest BCUT2D eigenvalue weighted by Crippen LogP contribution is -2.30. The Morgan fingerprint density at radius 2 is 2.19 bits per heavy atom. The summed E-state index contributed by atoms with van der Waals surface area (Å²) in [4.78, 5) is 35.9. The van der Waals surface area contributed by atoms with Crippen LogP contribution in [0, 0.1) is 6.20 Å². The highest BCUT2D eigenvalue weighted by Crippen LogP contribution is 2.27. The summed E-state index contributed by atoms with van der Waals surface area (Å²) in [7, 11) is 3.44. The maximum Gasteiger partial charge on any atom is 0.325 e. The van der Waals surface area contributed by atoms with E-state index in [0.717, 1.165) is 0 Å². The summed E-state index contributed by atoms with van der Waals surface area (Å²) in [5.41, 5.74) is 1.20. The first kappa shape index (κ1) is 16.8. The molecule has 10 heteroatoms. The molecule has 1 radical (unpaired) electrons. The van der Waals surface area contributed by atoms with Gasteiger partial charge in [0.2, 0.25) is 5.89 Å². The van der Waals surface area contributed by atoms with Crippen LogP contribution in [0.25, 0.3) is 11.5 Å². The number of hydrogen-bond donors (Lipinski definition) is 1. The summed E-state index contributed by atoms with van der Waals surface area (Å²) >= 11 is 0. The molecule has 1 aliphatic heterocycles. The van der Waals surface area contributed by atoms with Gasteiger partial charge in [0.1, 0.15) is 12.0 Å². The molecule has 3 aromatic rings. The topological polar surface area (TPSA) is 109 Å². The van der Waals surface area contributed by atoms with E-state index in [2.05, 4.69) is 26.6 Å². The third-order valence-corrected chi connectivity index (χ3v) is 4.14. The Labute approximate surface area is 154 Å². The Morgan fingerprint density at radius 1 is 1.33 bits per heavy atom. The summed E-state index contributed by atoms with van der Waals surface area (Å²) in [5.74, 6) is 0.228. The lowest BCUT2D eigenvalue weighted by molar-refractivity contribution is 0.102. The molecular formula is C17H16N7O3. The molecule has 137 valence electrons. The minimum atomic E-state index is -0.461. The largest absolute Gasteiger partial charge is 0.444 e. The number of carbonyl (C=O) groups excluding carboxylic acids is 2. The molecule has 4 rings (SSSR count). The molecular weight excluding hydrogens is 350 g/mol. The predicted molar refractivity (Wildman–Crippen MR) is 95.1 cm³/mol. The van der Waals surface area contributed by atoms with Gasteiger partial charge in [0, 0.05) is 38.9 Å². The molecule has 3 amide bonds. The van der Waals surface area contributed by atoms with Crippen LogP contribution in [0.5, 0.6) is 0 Å². The van der Waals surface area contributed by atoms with Crippen LogP contribution in [-0.4, -0.2) is 56.7 Å². The van der Waals surface area contributed by atoms with Crippen molar-refractivity contribution >= 4 is 23.4 Å². The van der Waals surface area contributed by atoms with Crippen LogP contribution in [0.15, 0.2) is 35.2 Å². The van der Waals surface area contributed by atoms with Gasteiger partial charge in [0.15, 0.2) is 11.5 Å². The highest BCUT2D eigenvalue weighted by atomic mass is 16.3. The van der Waals surface area contributed by atoms with Crippen molar-refractivity contribution in [3.05, 3.63) is 42.7 Å². The number of aryl methyl sites for hydroxylation is 1. The molecule has 1 saturated heterocycles. The van der Waals surface area contributed by atoms with E-state index < -0.39 is 5.91 Å². The average molecular weight is 366 g/mol. The Bertz CT molecular complexity index is 995. The zero-order valence-corrected chi connectivity index (χ0v) is 14.7. The van der Waals surface area contributed by atoms with Crippen LogP contribution in [0.2, 0.25) is 0 Å². The van der Waals surface area contributed by atoms with Crippen LogP contribution >= 0.6 is 0 Å². The van der Waals surface area contributed by atoms with Crippen molar-refractivity contribution in [2.45, 2.75) is 0 Å². The van der Waals surface area contributed by atoms with Gasteiger partial charge in [-0.25, -0.2) is 9.78 Å². The number of aromatic nitrogens is 4. The molecule has 4 heterocycles. The van der Waals surface area contributed by atoms with Crippen LogP contribution in [0.4, 0.5) is 16.3 Å². The van der Waals surface area contributed by atoms with E-state index >= 15 is 0 Å². The Kier molecular flexibility index (Phi) is 4.07. The minimum absolute atomic E-state index is 0.112. The fourth-order valence-corrected chi connectivity index (χ4v) is 2.75. The van der Waals surface area contributed by atoms with E-state index in [1.54, 1.807) is 43.5 Å².